The van der Waals surface area contributed by atoms with E-state index in [1.807, 2.05) is 0 Å². The molecule has 1 saturated heterocycles. The predicted molar refractivity (Wildman–Crippen MR) is 57.1 cm³/mol. The van der Waals surface area contributed by atoms with Crippen molar-refractivity contribution in [1.82, 2.24) is 9.80 Å². The number of amides is 2. The molecule has 1 rings (SSSR count). The van der Waals surface area contributed by atoms with Crippen LogP contribution in [0.25, 0.3) is 0 Å². The SMILES string of the molecule is CC(=O)N(C)CC(=O)N1CC(O)CC1C(=O)O. The molecule has 0 radical (unpaired) electrons. The first-order valence-corrected chi connectivity index (χ1v) is 5.25. The van der Waals surface area contributed by atoms with Gasteiger partial charge >= 0.3 is 5.97 Å². The van der Waals surface area contributed by atoms with Crippen LogP contribution in [0.1, 0.15) is 13.3 Å². The minimum Gasteiger partial charge on any atom is -0.480 e. The molecular formula is C10H16N2O5. The lowest BCUT2D eigenvalue weighted by Gasteiger charge is -2.24. The second-order valence-corrected chi connectivity index (χ2v) is 4.16. The Morgan fingerprint density at radius 1 is 1.41 bits per heavy atom. The Kier molecular flexibility index (Phi) is 4.06. The van der Waals surface area contributed by atoms with E-state index in [-0.39, 0.29) is 25.4 Å². The van der Waals surface area contributed by atoms with E-state index in [1.165, 1.54) is 18.9 Å². The van der Waals surface area contributed by atoms with Gasteiger partial charge in [-0.3, -0.25) is 9.59 Å². The minimum absolute atomic E-state index is 0.00153. The van der Waals surface area contributed by atoms with Crippen LogP contribution in [0.15, 0.2) is 0 Å². The van der Waals surface area contributed by atoms with E-state index >= 15 is 0 Å². The van der Waals surface area contributed by atoms with E-state index in [2.05, 4.69) is 0 Å². The third kappa shape index (κ3) is 3.16. The van der Waals surface area contributed by atoms with Crippen molar-refractivity contribution in [2.75, 3.05) is 20.1 Å². The number of nitrogens with zero attached hydrogens (tertiary/aromatic N) is 2. The first-order valence-electron chi connectivity index (χ1n) is 5.25. The molecule has 1 heterocycles. The highest BCUT2D eigenvalue weighted by molar-refractivity contribution is 5.88. The number of carbonyl (C=O) groups is 3. The minimum atomic E-state index is -1.14. The molecule has 0 spiro atoms. The summed E-state index contributed by atoms with van der Waals surface area (Å²) in [4.78, 5) is 35.9. The van der Waals surface area contributed by atoms with Gasteiger partial charge in [0.1, 0.15) is 6.04 Å². The Morgan fingerprint density at radius 2 is 2.00 bits per heavy atom. The fourth-order valence-electron chi connectivity index (χ4n) is 1.73. The number of likely N-dealkylation sites (tertiary alicyclic amines) is 1. The Hall–Kier alpha value is -1.63. The van der Waals surface area contributed by atoms with Crippen LogP contribution in [0.5, 0.6) is 0 Å². The summed E-state index contributed by atoms with van der Waals surface area (Å²) in [6.07, 6.45) is -0.784. The normalized spacial score (nSPS) is 23.6. The first kappa shape index (κ1) is 13.4. The Labute approximate surface area is 98.6 Å². The second kappa shape index (κ2) is 5.13. The van der Waals surface area contributed by atoms with Crippen LogP contribution >= 0.6 is 0 Å². The summed E-state index contributed by atoms with van der Waals surface area (Å²) in [5, 5.41) is 18.3. The summed E-state index contributed by atoms with van der Waals surface area (Å²) in [6, 6.07) is -1.00. The molecule has 0 aromatic carbocycles. The van der Waals surface area contributed by atoms with Crippen molar-refractivity contribution < 1.29 is 24.6 Å². The molecule has 0 bridgehead atoms. The number of aliphatic hydroxyl groups excluding tert-OH is 1. The molecule has 1 aliphatic rings. The van der Waals surface area contributed by atoms with E-state index in [1.54, 1.807) is 0 Å². The molecule has 0 aromatic heterocycles. The van der Waals surface area contributed by atoms with Crippen molar-refractivity contribution in [3.63, 3.8) is 0 Å². The Morgan fingerprint density at radius 3 is 2.47 bits per heavy atom. The van der Waals surface area contributed by atoms with Crippen molar-refractivity contribution >= 4 is 17.8 Å². The molecule has 7 heteroatoms. The summed E-state index contributed by atoms with van der Waals surface area (Å²) in [7, 11) is 1.46. The van der Waals surface area contributed by atoms with E-state index in [4.69, 9.17) is 5.11 Å². The third-order valence-corrected chi connectivity index (χ3v) is 2.79. The molecule has 0 aliphatic carbocycles. The zero-order chi connectivity index (χ0) is 13.2. The van der Waals surface area contributed by atoms with Crippen LogP contribution in [0.2, 0.25) is 0 Å². The number of likely N-dealkylation sites (N-methyl/N-ethyl adjacent to an activating group) is 1. The number of hydrogen-bond donors (Lipinski definition) is 2. The monoisotopic (exact) mass is 244 g/mol. The lowest BCUT2D eigenvalue weighted by atomic mass is 10.2. The van der Waals surface area contributed by atoms with Gasteiger partial charge in [-0.15, -0.1) is 0 Å². The lowest BCUT2D eigenvalue weighted by molar-refractivity contribution is -0.149. The fourth-order valence-corrected chi connectivity index (χ4v) is 1.73. The molecular weight excluding hydrogens is 228 g/mol. The highest BCUT2D eigenvalue weighted by Crippen LogP contribution is 2.18. The number of carbonyl (C=O) groups excluding carboxylic acids is 2. The maximum atomic E-state index is 11.8. The van der Waals surface area contributed by atoms with Crippen molar-refractivity contribution in [2.24, 2.45) is 0 Å². The van der Waals surface area contributed by atoms with Gasteiger partial charge in [0, 0.05) is 26.9 Å². The highest BCUT2D eigenvalue weighted by atomic mass is 16.4. The van der Waals surface area contributed by atoms with Gasteiger partial charge in [-0.05, 0) is 0 Å². The van der Waals surface area contributed by atoms with Gasteiger partial charge in [-0.2, -0.15) is 0 Å². The van der Waals surface area contributed by atoms with Crippen molar-refractivity contribution in [2.45, 2.75) is 25.5 Å². The van der Waals surface area contributed by atoms with Gasteiger partial charge in [0.05, 0.1) is 12.6 Å². The molecule has 96 valence electrons. The summed E-state index contributed by atoms with van der Waals surface area (Å²) >= 11 is 0. The van der Waals surface area contributed by atoms with Gasteiger partial charge < -0.3 is 20.0 Å². The predicted octanol–water partition coefficient (Wildman–Crippen LogP) is -1.49. The second-order valence-electron chi connectivity index (χ2n) is 4.16. The van der Waals surface area contributed by atoms with Crippen molar-refractivity contribution in [3.8, 4) is 0 Å². The van der Waals surface area contributed by atoms with E-state index in [9.17, 15) is 19.5 Å². The molecule has 1 aliphatic heterocycles. The fraction of sp³-hybridized carbons (Fsp3) is 0.700. The van der Waals surface area contributed by atoms with Crippen LogP contribution in [-0.2, 0) is 14.4 Å². The number of β-amino-alcohol motifs (C(OH)–C–C–N with tert-alkyl or cyclic N) is 1. The number of rotatable bonds is 3. The lowest BCUT2D eigenvalue weighted by Crippen LogP contribution is -2.45. The Bertz CT molecular complexity index is 344. The smallest absolute Gasteiger partial charge is 0.326 e. The zero-order valence-electron chi connectivity index (χ0n) is 9.79. The van der Waals surface area contributed by atoms with E-state index in [0.29, 0.717) is 0 Å². The van der Waals surface area contributed by atoms with Crippen LogP contribution in [0.4, 0.5) is 0 Å². The average Bonchev–Trinajstić information content (AvgIpc) is 2.60. The Balaban J connectivity index is 2.67. The molecule has 2 unspecified atom stereocenters. The molecule has 0 aromatic rings. The van der Waals surface area contributed by atoms with E-state index < -0.39 is 24.0 Å². The molecule has 0 saturated carbocycles. The molecule has 17 heavy (non-hydrogen) atoms. The van der Waals surface area contributed by atoms with Crippen LogP contribution in [0, 0.1) is 0 Å². The number of carboxylic acids is 1. The third-order valence-electron chi connectivity index (χ3n) is 2.79. The van der Waals surface area contributed by atoms with Crippen molar-refractivity contribution in [3.05, 3.63) is 0 Å². The van der Waals surface area contributed by atoms with Crippen molar-refractivity contribution in [1.29, 1.82) is 0 Å². The number of carboxylic acid groups (broad SMARTS) is 1. The number of hydrogen-bond acceptors (Lipinski definition) is 4. The zero-order valence-corrected chi connectivity index (χ0v) is 9.79. The van der Waals surface area contributed by atoms with Crippen LogP contribution in [-0.4, -0.2) is 70.1 Å². The van der Waals surface area contributed by atoms with Crippen LogP contribution in [0.3, 0.4) is 0 Å². The first-order chi connectivity index (χ1) is 7.82. The molecule has 2 amide bonds. The quantitative estimate of drug-likeness (QED) is 0.630. The molecule has 2 atom stereocenters. The van der Waals surface area contributed by atoms with E-state index in [0.717, 1.165) is 4.90 Å². The molecule has 2 N–H and O–H groups in total. The van der Waals surface area contributed by atoms with Gasteiger partial charge in [0.2, 0.25) is 11.8 Å². The van der Waals surface area contributed by atoms with Gasteiger partial charge in [0.15, 0.2) is 0 Å². The molecule has 7 nitrogen and oxygen atoms in total. The molecule has 1 fully saturated rings. The summed E-state index contributed by atoms with van der Waals surface area (Å²) in [6.45, 7) is 1.15. The average molecular weight is 244 g/mol. The van der Waals surface area contributed by atoms with Gasteiger partial charge in [0.25, 0.3) is 0 Å². The number of aliphatic carboxylic acids is 1. The summed E-state index contributed by atoms with van der Waals surface area (Å²) < 4.78 is 0. The topological polar surface area (TPSA) is 98.2 Å². The van der Waals surface area contributed by atoms with Gasteiger partial charge in [-0.25, -0.2) is 4.79 Å². The largest absolute Gasteiger partial charge is 0.480 e. The summed E-state index contributed by atoms with van der Waals surface area (Å²) in [5.74, 6) is -1.88. The number of aliphatic hydroxyl groups is 1. The van der Waals surface area contributed by atoms with Gasteiger partial charge in [-0.1, -0.05) is 0 Å². The maximum Gasteiger partial charge on any atom is 0.326 e. The summed E-state index contributed by atoms with van der Waals surface area (Å²) in [5.41, 5.74) is 0. The maximum absolute atomic E-state index is 11.8. The standard InChI is InChI=1S/C10H16N2O5/c1-6(13)11(2)5-9(15)12-4-7(14)3-8(12)10(16)17/h7-8,14H,3-5H2,1-2H3,(H,16,17). The highest BCUT2D eigenvalue weighted by Gasteiger charge is 2.39. The van der Waals surface area contributed by atoms with Crippen LogP contribution < -0.4 is 0 Å².